The van der Waals surface area contributed by atoms with Crippen molar-refractivity contribution in [1.82, 2.24) is 20.1 Å². The number of aromatic nitrogens is 3. The zero-order valence-corrected chi connectivity index (χ0v) is 16.1. The van der Waals surface area contributed by atoms with E-state index >= 15 is 0 Å². The highest BCUT2D eigenvalue weighted by atomic mass is 32.1. The minimum absolute atomic E-state index is 0.00446. The molecule has 2 aromatic heterocycles. The van der Waals surface area contributed by atoms with Crippen LogP contribution in [0.5, 0.6) is 0 Å². The average molecular weight is 360 g/mol. The van der Waals surface area contributed by atoms with Gasteiger partial charge in [-0.2, -0.15) is 5.10 Å². The molecule has 2 aromatic rings. The highest BCUT2D eigenvalue weighted by molar-refractivity contribution is 7.15. The molecule has 134 valence electrons. The fourth-order valence-electron chi connectivity index (χ4n) is 2.54. The number of thiazole rings is 1. The Morgan fingerprint density at radius 3 is 2.56 bits per heavy atom. The molecule has 8 heteroatoms. The van der Waals surface area contributed by atoms with Crippen LogP contribution in [0, 0.1) is 6.92 Å². The quantitative estimate of drug-likeness (QED) is 0.911. The summed E-state index contributed by atoms with van der Waals surface area (Å²) in [5, 5.41) is 12.1. The first-order chi connectivity index (χ1) is 11.7. The number of anilines is 2. The summed E-state index contributed by atoms with van der Waals surface area (Å²) in [4.78, 5) is 21.4. The Labute approximate surface area is 152 Å². The minimum atomic E-state index is -0.131. The molecular weight excluding hydrogens is 336 g/mol. The van der Waals surface area contributed by atoms with Gasteiger partial charge in [-0.15, -0.1) is 16.4 Å². The Morgan fingerprint density at radius 2 is 2.04 bits per heavy atom. The van der Waals surface area contributed by atoms with Crippen LogP contribution in [0.3, 0.4) is 0 Å². The van der Waals surface area contributed by atoms with Crippen LogP contribution in [0.4, 0.5) is 15.7 Å². The average Bonchev–Trinajstić information content (AvgIpc) is 2.90. The number of rotatable bonds is 3. The lowest BCUT2D eigenvalue weighted by molar-refractivity contribution is 0.191. The van der Waals surface area contributed by atoms with E-state index in [0.29, 0.717) is 5.13 Å². The third-order valence-corrected chi connectivity index (χ3v) is 5.14. The second-order valence-electron chi connectivity index (χ2n) is 7.40. The number of nitrogens with one attached hydrogen (secondary N) is 1. The third kappa shape index (κ3) is 3.89. The molecule has 3 heterocycles. The predicted molar refractivity (Wildman–Crippen MR) is 100 cm³/mol. The summed E-state index contributed by atoms with van der Waals surface area (Å²) >= 11 is 1.47. The molecule has 0 aliphatic carbocycles. The third-order valence-electron chi connectivity index (χ3n) is 4.31. The number of likely N-dealkylation sites (N-methyl/N-ethyl adjacent to an activating group) is 1. The second-order valence-corrected chi connectivity index (χ2v) is 8.64. The van der Waals surface area contributed by atoms with E-state index in [-0.39, 0.29) is 17.5 Å². The maximum absolute atomic E-state index is 12.3. The van der Waals surface area contributed by atoms with Crippen LogP contribution in [0.1, 0.15) is 31.3 Å². The fraction of sp³-hybridized carbons (Fsp3) is 0.529. The topological polar surface area (TPSA) is 74.2 Å². The minimum Gasteiger partial charge on any atom is -0.351 e. The van der Waals surface area contributed by atoms with Crippen LogP contribution in [0.25, 0.3) is 0 Å². The number of aryl methyl sites for hydroxylation is 1. The van der Waals surface area contributed by atoms with Gasteiger partial charge < -0.3 is 9.80 Å². The van der Waals surface area contributed by atoms with Gasteiger partial charge in [-0.3, -0.25) is 5.32 Å². The van der Waals surface area contributed by atoms with Crippen LogP contribution >= 0.6 is 11.3 Å². The standard InChI is InChI=1S/C17H24N6OS/c1-11-8-18-15(25-11)19-16(24)22(5)12-9-23(10-12)14-7-6-13(20-21-14)17(2,3)4/h6-8,12H,9-10H2,1-5H3,(H,18,19,24). The van der Waals surface area contributed by atoms with Gasteiger partial charge in [0.2, 0.25) is 0 Å². The Kier molecular flexibility index (Phi) is 4.64. The SMILES string of the molecule is Cc1cnc(NC(=O)N(C)C2CN(c3ccc(C(C)(C)C)nn3)C2)s1. The monoisotopic (exact) mass is 360 g/mol. The molecule has 1 aliphatic heterocycles. The Morgan fingerprint density at radius 1 is 1.32 bits per heavy atom. The summed E-state index contributed by atoms with van der Waals surface area (Å²) in [5.74, 6) is 0.855. The van der Waals surface area contributed by atoms with Crippen molar-refractivity contribution >= 4 is 28.3 Å². The molecule has 1 fully saturated rings. The van der Waals surface area contributed by atoms with E-state index in [0.717, 1.165) is 29.5 Å². The summed E-state index contributed by atoms with van der Waals surface area (Å²) in [6, 6.07) is 4.05. The lowest BCUT2D eigenvalue weighted by Gasteiger charge is -2.44. The molecule has 0 unspecified atom stereocenters. The maximum atomic E-state index is 12.3. The van der Waals surface area contributed by atoms with Crippen molar-refractivity contribution in [2.24, 2.45) is 0 Å². The van der Waals surface area contributed by atoms with Gasteiger partial charge >= 0.3 is 6.03 Å². The van der Waals surface area contributed by atoms with E-state index in [1.54, 1.807) is 11.1 Å². The molecule has 0 bridgehead atoms. The van der Waals surface area contributed by atoms with Crippen molar-refractivity contribution in [3.05, 3.63) is 28.9 Å². The van der Waals surface area contributed by atoms with Gasteiger partial charge in [-0.1, -0.05) is 20.8 Å². The molecule has 0 aromatic carbocycles. The molecule has 25 heavy (non-hydrogen) atoms. The van der Waals surface area contributed by atoms with Gasteiger partial charge in [0.15, 0.2) is 10.9 Å². The molecule has 1 saturated heterocycles. The zero-order valence-electron chi connectivity index (χ0n) is 15.3. The number of carbonyl (C=O) groups excluding carboxylic acids is 1. The fourth-order valence-corrected chi connectivity index (χ4v) is 3.19. The van der Waals surface area contributed by atoms with E-state index in [4.69, 9.17) is 0 Å². The first kappa shape index (κ1) is 17.6. The number of amides is 2. The maximum Gasteiger partial charge on any atom is 0.323 e. The first-order valence-corrected chi connectivity index (χ1v) is 9.11. The van der Waals surface area contributed by atoms with E-state index in [1.807, 2.05) is 26.1 Å². The molecule has 1 aliphatic rings. The van der Waals surface area contributed by atoms with E-state index < -0.39 is 0 Å². The number of carbonyl (C=O) groups is 1. The molecule has 0 atom stereocenters. The molecule has 3 rings (SSSR count). The van der Waals surface area contributed by atoms with Crippen LogP contribution in [0.2, 0.25) is 0 Å². The van der Waals surface area contributed by atoms with Crippen LogP contribution < -0.4 is 10.2 Å². The van der Waals surface area contributed by atoms with Crippen molar-refractivity contribution in [3.63, 3.8) is 0 Å². The molecule has 0 radical (unpaired) electrons. The van der Waals surface area contributed by atoms with Crippen LogP contribution in [-0.4, -0.2) is 52.3 Å². The van der Waals surface area contributed by atoms with Crippen molar-refractivity contribution < 1.29 is 4.79 Å². The van der Waals surface area contributed by atoms with Gasteiger partial charge in [0.05, 0.1) is 11.7 Å². The van der Waals surface area contributed by atoms with Crippen molar-refractivity contribution in [1.29, 1.82) is 0 Å². The van der Waals surface area contributed by atoms with Gasteiger partial charge in [0, 0.05) is 36.6 Å². The van der Waals surface area contributed by atoms with E-state index in [9.17, 15) is 4.79 Å². The lowest BCUT2D eigenvalue weighted by atomic mass is 9.92. The summed E-state index contributed by atoms with van der Waals surface area (Å²) in [6.45, 7) is 9.83. The normalized spacial score (nSPS) is 15.0. The van der Waals surface area contributed by atoms with Gasteiger partial charge in [-0.05, 0) is 19.1 Å². The Hall–Kier alpha value is -2.22. The predicted octanol–water partition coefficient (Wildman–Crippen LogP) is 2.89. The van der Waals surface area contributed by atoms with Gasteiger partial charge in [0.1, 0.15) is 0 Å². The molecule has 1 N–H and O–H groups in total. The van der Waals surface area contributed by atoms with Gasteiger partial charge in [-0.25, -0.2) is 9.78 Å². The van der Waals surface area contributed by atoms with Crippen LogP contribution in [-0.2, 0) is 5.41 Å². The summed E-state index contributed by atoms with van der Waals surface area (Å²) in [7, 11) is 1.81. The summed E-state index contributed by atoms with van der Waals surface area (Å²) < 4.78 is 0. The highest BCUT2D eigenvalue weighted by Crippen LogP contribution is 2.25. The summed E-state index contributed by atoms with van der Waals surface area (Å²) in [6.07, 6.45) is 1.76. The smallest absolute Gasteiger partial charge is 0.323 e. The van der Waals surface area contributed by atoms with Crippen LogP contribution in [0.15, 0.2) is 18.3 Å². The zero-order chi connectivity index (χ0) is 18.2. The van der Waals surface area contributed by atoms with Crippen molar-refractivity contribution in [3.8, 4) is 0 Å². The number of nitrogens with zero attached hydrogens (tertiary/aromatic N) is 5. The largest absolute Gasteiger partial charge is 0.351 e. The first-order valence-electron chi connectivity index (χ1n) is 8.29. The Balaban J connectivity index is 1.53. The van der Waals surface area contributed by atoms with E-state index in [1.165, 1.54) is 11.3 Å². The lowest BCUT2D eigenvalue weighted by Crippen LogP contribution is -2.60. The van der Waals surface area contributed by atoms with E-state index in [2.05, 4.69) is 46.2 Å². The second kappa shape index (κ2) is 6.59. The summed E-state index contributed by atoms with van der Waals surface area (Å²) in [5.41, 5.74) is 0.971. The molecule has 0 spiro atoms. The molecular formula is C17H24N6OS. The van der Waals surface area contributed by atoms with Gasteiger partial charge in [0.25, 0.3) is 0 Å². The molecule has 7 nitrogen and oxygen atoms in total. The highest BCUT2D eigenvalue weighted by Gasteiger charge is 2.33. The number of hydrogen-bond donors (Lipinski definition) is 1. The number of urea groups is 1. The number of hydrogen-bond acceptors (Lipinski definition) is 6. The Bertz CT molecular complexity index is 745. The van der Waals surface area contributed by atoms with Crippen molar-refractivity contribution in [2.45, 2.75) is 39.2 Å². The van der Waals surface area contributed by atoms with Crippen molar-refractivity contribution in [2.75, 3.05) is 30.4 Å². The molecule has 0 saturated carbocycles. The molecule has 2 amide bonds.